The smallest absolute Gasteiger partial charge is 0.284 e. The van der Waals surface area contributed by atoms with Crippen molar-refractivity contribution in [3.8, 4) is 0 Å². The molecule has 1 aromatic rings. The summed E-state index contributed by atoms with van der Waals surface area (Å²) in [5, 5.41) is 9.29. The molecule has 0 fully saturated rings. The largest absolute Gasteiger partial charge is 0.287 e. The van der Waals surface area contributed by atoms with Crippen LogP contribution in [0.4, 0.5) is 0 Å². The van der Waals surface area contributed by atoms with Crippen LogP contribution in [0.5, 0.6) is 0 Å². The van der Waals surface area contributed by atoms with Gasteiger partial charge in [-0.2, -0.15) is 0 Å². The van der Waals surface area contributed by atoms with Gasteiger partial charge in [0.2, 0.25) is 6.20 Å². The molecule has 9 heavy (non-hydrogen) atoms. The predicted octanol–water partition coefficient (Wildman–Crippen LogP) is 0.119. The van der Waals surface area contributed by atoms with Crippen molar-refractivity contribution in [2.75, 3.05) is 0 Å². The third kappa shape index (κ3) is 2.58. The van der Waals surface area contributed by atoms with Crippen molar-refractivity contribution >= 4 is 42.2 Å². The number of pyridine rings is 1. The van der Waals surface area contributed by atoms with E-state index in [0.29, 0.717) is 5.03 Å². The zero-order chi connectivity index (χ0) is 5.98. The third-order valence-corrected chi connectivity index (χ3v) is 1.17. The number of hydrogen-bond acceptors (Lipinski definition) is 2. The predicted molar refractivity (Wildman–Crippen MR) is 36.8 cm³/mol. The SMILES string of the molecule is O[n+]1ccccc1S.[Na]. The van der Waals surface area contributed by atoms with Crippen LogP contribution in [0.25, 0.3) is 0 Å². The van der Waals surface area contributed by atoms with E-state index in [0.717, 1.165) is 4.73 Å². The first-order valence-electron chi connectivity index (χ1n) is 2.19. The van der Waals surface area contributed by atoms with Gasteiger partial charge in [0.05, 0.1) is 0 Å². The van der Waals surface area contributed by atoms with Crippen LogP contribution in [0.3, 0.4) is 0 Å². The van der Waals surface area contributed by atoms with Gasteiger partial charge in [-0.3, -0.25) is 5.21 Å². The minimum atomic E-state index is 0. The Hall–Kier alpha value is 0.300. The molecule has 0 aliphatic rings. The molecule has 1 radical (unpaired) electrons. The Morgan fingerprint density at radius 2 is 2.11 bits per heavy atom. The molecule has 0 atom stereocenters. The molecule has 4 heteroatoms. The van der Waals surface area contributed by atoms with Crippen LogP contribution in [0.2, 0.25) is 0 Å². The number of rotatable bonds is 0. The fraction of sp³-hybridized carbons (Fsp3) is 0. The molecule has 0 aromatic carbocycles. The van der Waals surface area contributed by atoms with Crippen molar-refractivity contribution in [1.82, 2.24) is 0 Å². The first-order chi connectivity index (χ1) is 3.80. The Bertz CT molecular complexity index is 173. The fourth-order valence-corrected chi connectivity index (χ4v) is 0.578. The van der Waals surface area contributed by atoms with Gasteiger partial charge in [-0.05, 0) is 6.07 Å². The number of nitrogens with zero attached hydrogens (tertiary/aromatic N) is 1. The summed E-state index contributed by atoms with van der Waals surface area (Å²) in [5.41, 5.74) is 0. The van der Waals surface area contributed by atoms with Crippen LogP contribution in [0.1, 0.15) is 0 Å². The van der Waals surface area contributed by atoms with E-state index >= 15 is 0 Å². The molecule has 2 nitrogen and oxygen atoms in total. The van der Waals surface area contributed by atoms with Gasteiger partial charge in [0.25, 0.3) is 5.03 Å². The van der Waals surface area contributed by atoms with E-state index in [-0.39, 0.29) is 29.6 Å². The van der Waals surface area contributed by atoms with Crippen molar-refractivity contribution in [3.05, 3.63) is 24.4 Å². The van der Waals surface area contributed by atoms with Gasteiger partial charge in [0, 0.05) is 46.4 Å². The Balaban J connectivity index is 0.000000640. The van der Waals surface area contributed by atoms with Gasteiger partial charge in [-0.15, -0.1) is 0 Å². The molecule has 1 rings (SSSR count). The maximum atomic E-state index is 8.76. The van der Waals surface area contributed by atoms with Crippen LogP contribution in [0, 0.1) is 0 Å². The number of hydrogen-bond donors (Lipinski definition) is 2. The molecular weight excluding hydrogens is 145 g/mol. The third-order valence-electron chi connectivity index (χ3n) is 0.818. The molecule has 1 N–H and O–H groups in total. The van der Waals surface area contributed by atoms with Crippen molar-refractivity contribution in [2.24, 2.45) is 0 Å². The maximum absolute atomic E-state index is 8.76. The number of aromatic nitrogens is 1. The summed E-state index contributed by atoms with van der Waals surface area (Å²) < 4.78 is 0.948. The molecule has 1 aromatic heterocycles. The van der Waals surface area contributed by atoms with Crippen molar-refractivity contribution < 1.29 is 9.94 Å². The zero-order valence-electron chi connectivity index (χ0n) is 5.15. The van der Waals surface area contributed by atoms with Gasteiger partial charge >= 0.3 is 0 Å². The molecule has 0 saturated heterocycles. The van der Waals surface area contributed by atoms with Gasteiger partial charge in [-0.1, -0.05) is 12.6 Å². The summed E-state index contributed by atoms with van der Waals surface area (Å²) in [6.07, 6.45) is 1.52. The normalized spacial score (nSPS) is 8.11. The molecule has 1 heterocycles. The standard InChI is InChI=1S/C5H5NOS.Na/c7-6-4-2-1-3-5(6)8;/h1-4,7H;/p+1. The van der Waals surface area contributed by atoms with E-state index in [2.05, 4.69) is 12.6 Å². The quantitative estimate of drug-likeness (QED) is 0.234. The van der Waals surface area contributed by atoms with E-state index in [1.807, 2.05) is 0 Å². The Labute approximate surface area is 81.2 Å². The average Bonchev–Trinajstić information content (AvgIpc) is 1.77. The monoisotopic (exact) mass is 151 g/mol. The van der Waals surface area contributed by atoms with E-state index in [1.165, 1.54) is 6.20 Å². The van der Waals surface area contributed by atoms with Gasteiger partial charge in [0.15, 0.2) is 0 Å². The Morgan fingerprint density at radius 3 is 2.44 bits per heavy atom. The summed E-state index contributed by atoms with van der Waals surface area (Å²) in [4.78, 5) is 0. The molecule has 0 bridgehead atoms. The van der Waals surface area contributed by atoms with Crippen LogP contribution >= 0.6 is 12.6 Å². The summed E-state index contributed by atoms with van der Waals surface area (Å²) in [7, 11) is 0. The molecular formula is C5H6NNaOS+. The maximum Gasteiger partial charge on any atom is 0.287 e. The fourth-order valence-electron chi connectivity index (χ4n) is 0.426. The molecule has 0 spiro atoms. The average molecular weight is 151 g/mol. The van der Waals surface area contributed by atoms with Crippen LogP contribution < -0.4 is 4.73 Å². The topological polar surface area (TPSA) is 24.1 Å². The van der Waals surface area contributed by atoms with Gasteiger partial charge < -0.3 is 0 Å². The van der Waals surface area contributed by atoms with Crippen LogP contribution in [-0.2, 0) is 0 Å². The molecule has 43 valence electrons. The van der Waals surface area contributed by atoms with Crippen LogP contribution in [-0.4, -0.2) is 34.8 Å². The second-order valence-electron chi connectivity index (χ2n) is 1.40. The summed E-state index contributed by atoms with van der Waals surface area (Å²) in [5.74, 6) is 0. The van der Waals surface area contributed by atoms with Gasteiger partial charge in [-0.25, -0.2) is 0 Å². The van der Waals surface area contributed by atoms with Crippen molar-refractivity contribution in [3.63, 3.8) is 0 Å². The molecule has 0 amide bonds. The van der Waals surface area contributed by atoms with Crippen molar-refractivity contribution in [2.45, 2.75) is 5.03 Å². The van der Waals surface area contributed by atoms with Crippen LogP contribution in [0.15, 0.2) is 29.4 Å². The second-order valence-corrected chi connectivity index (χ2v) is 1.86. The van der Waals surface area contributed by atoms with E-state index in [1.54, 1.807) is 18.2 Å². The van der Waals surface area contributed by atoms with Crippen molar-refractivity contribution in [1.29, 1.82) is 0 Å². The van der Waals surface area contributed by atoms with E-state index < -0.39 is 0 Å². The zero-order valence-corrected chi connectivity index (χ0v) is 8.05. The minimum absolute atomic E-state index is 0. The minimum Gasteiger partial charge on any atom is -0.284 e. The molecule has 0 saturated carbocycles. The summed E-state index contributed by atoms with van der Waals surface area (Å²) in [6.45, 7) is 0. The summed E-state index contributed by atoms with van der Waals surface area (Å²) >= 11 is 3.91. The van der Waals surface area contributed by atoms with E-state index in [9.17, 15) is 0 Å². The Kier molecular flexibility index (Phi) is 4.31. The second kappa shape index (κ2) is 4.17. The first kappa shape index (κ1) is 9.30. The molecule has 0 aliphatic heterocycles. The summed E-state index contributed by atoms with van der Waals surface area (Å²) in [6, 6.07) is 5.22. The Morgan fingerprint density at radius 1 is 1.44 bits per heavy atom. The molecule has 0 aliphatic carbocycles. The number of thiol groups is 1. The first-order valence-corrected chi connectivity index (χ1v) is 2.64. The van der Waals surface area contributed by atoms with E-state index in [4.69, 9.17) is 5.21 Å². The molecule has 0 unspecified atom stereocenters. The van der Waals surface area contributed by atoms with Gasteiger partial charge in [0.1, 0.15) is 0 Å².